The smallest absolute Gasteiger partial charge is 0.340 e. The molecule has 0 aromatic heterocycles. The summed E-state index contributed by atoms with van der Waals surface area (Å²) in [5.74, 6) is -3.16. The van der Waals surface area contributed by atoms with Gasteiger partial charge < -0.3 is 20.9 Å². The lowest BCUT2D eigenvalue weighted by molar-refractivity contribution is -0.161. The van der Waals surface area contributed by atoms with E-state index in [1.165, 1.54) is 6.92 Å². The summed E-state index contributed by atoms with van der Waals surface area (Å²) >= 11 is 0. The predicted octanol–water partition coefficient (Wildman–Crippen LogP) is -0.352. The van der Waals surface area contributed by atoms with Crippen molar-refractivity contribution in [2.24, 2.45) is 5.73 Å². The molecule has 0 heterocycles. The van der Waals surface area contributed by atoms with Crippen LogP contribution in [0.3, 0.4) is 0 Å². The van der Waals surface area contributed by atoms with Gasteiger partial charge in [0.1, 0.15) is 6.61 Å². The number of carboxylic acids is 1. The van der Waals surface area contributed by atoms with Gasteiger partial charge in [-0.15, -0.1) is 0 Å². The monoisotopic (exact) mass is 280 g/mol. The Labute approximate surface area is 115 Å². The molecule has 0 saturated carbocycles. The van der Waals surface area contributed by atoms with Crippen LogP contribution in [0.5, 0.6) is 0 Å². The number of nitrogens with one attached hydrogen (secondary N) is 1. The summed E-state index contributed by atoms with van der Waals surface area (Å²) in [5.41, 5.74) is 3.90. The minimum absolute atomic E-state index is 0.0913. The zero-order valence-electron chi connectivity index (χ0n) is 11.0. The van der Waals surface area contributed by atoms with Crippen molar-refractivity contribution in [3.05, 3.63) is 35.9 Å². The number of rotatable bonds is 6. The first-order valence-corrected chi connectivity index (χ1v) is 5.84. The van der Waals surface area contributed by atoms with E-state index in [0.29, 0.717) is 5.56 Å². The maximum atomic E-state index is 11.8. The predicted molar refractivity (Wildman–Crippen MR) is 69.5 cm³/mol. The van der Waals surface area contributed by atoms with E-state index in [9.17, 15) is 14.4 Å². The van der Waals surface area contributed by atoms with Gasteiger partial charge in [0, 0.05) is 6.92 Å². The van der Waals surface area contributed by atoms with Crippen LogP contribution in [0.2, 0.25) is 0 Å². The van der Waals surface area contributed by atoms with Crippen molar-refractivity contribution in [3.63, 3.8) is 0 Å². The minimum atomic E-state index is -2.31. The molecule has 0 radical (unpaired) electrons. The molecule has 1 aromatic rings. The summed E-state index contributed by atoms with van der Waals surface area (Å²) in [7, 11) is 0. The molecule has 7 nitrogen and oxygen atoms in total. The Morgan fingerprint density at radius 2 is 1.90 bits per heavy atom. The first-order chi connectivity index (χ1) is 9.36. The third-order valence-electron chi connectivity index (χ3n) is 2.57. The summed E-state index contributed by atoms with van der Waals surface area (Å²) in [6.07, 6.45) is 0. The molecule has 0 spiro atoms. The molecule has 0 fully saturated rings. The number of benzene rings is 1. The Bertz CT molecular complexity index is 503. The van der Waals surface area contributed by atoms with Crippen LogP contribution in [0, 0.1) is 0 Å². The van der Waals surface area contributed by atoms with Crippen molar-refractivity contribution < 1.29 is 24.2 Å². The fraction of sp³-hybridized carbons (Fsp3) is 0.308. The fourth-order valence-electron chi connectivity index (χ4n) is 1.35. The van der Waals surface area contributed by atoms with Crippen LogP contribution in [0.15, 0.2) is 30.3 Å². The van der Waals surface area contributed by atoms with Crippen LogP contribution in [0.4, 0.5) is 0 Å². The molecule has 1 unspecified atom stereocenters. The Morgan fingerprint density at radius 1 is 1.30 bits per heavy atom. The number of amides is 1. The van der Waals surface area contributed by atoms with Crippen LogP contribution in [-0.2, 0) is 25.7 Å². The second-order valence-electron chi connectivity index (χ2n) is 4.25. The molecule has 4 N–H and O–H groups in total. The molecule has 7 heteroatoms. The van der Waals surface area contributed by atoms with Gasteiger partial charge in [-0.1, -0.05) is 30.3 Å². The second kappa shape index (κ2) is 6.67. The van der Waals surface area contributed by atoms with Gasteiger partial charge in [-0.3, -0.25) is 4.79 Å². The third kappa shape index (κ3) is 4.06. The van der Waals surface area contributed by atoms with Crippen molar-refractivity contribution in [2.75, 3.05) is 6.54 Å². The van der Waals surface area contributed by atoms with Crippen molar-refractivity contribution in [2.45, 2.75) is 19.1 Å². The molecule has 108 valence electrons. The van der Waals surface area contributed by atoms with Crippen molar-refractivity contribution >= 4 is 17.8 Å². The van der Waals surface area contributed by atoms with Crippen molar-refractivity contribution in [1.29, 1.82) is 0 Å². The van der Waals surface area contributed by atoms with Gasteiger partial charge in [-0.2, -0.15) is 0 Å². The van der Waals surface area contributed by atoms with Gasteiger partial charge in [0.05, 0.1) is 6.54 Å². The summed E-state index contributed by atoms with van der Waals surface area (Å²) < 4.78 is 4.89. The lowest BCUT2D eigenvalue weighted by atomic mass is 10.0. The zero-order valence-corrected chi connectivity index (χ0v) is 11.0. The van der Waals surface area contributed by atoms with Crippen molar-refractivity contribution in [1.82, 2.24) is 5.32 Å². The molecule has 0 aliphatic rings. The highest BCUT2D eigenvalue weighted by Gasteiger charge is 2.44. The lowest BCUT2D eigenvalue weighted by Gasteiger charge is -2.22. The number of nitrogens with two attached hydrogens (primary N) is 1. The van der Waals surface area contributed by atoms with Crippen LogP contribution >= 0.6 is 0 Å². The molecule has 1 amide bonds. The van der Waals surface area contributed by atoms with E-state index in [2.05, 4.69) is 5.32 Å². The standard InChI is InChI=1S/C13H16N2O5/c1-9(16)15-8-13(14,11(17)18)12(19)20-7-10-5-3-2-4-6-10/h2-6H,7-8,14H2,1H3,(H,15,16)(H,17,18). The highest BCUT2D eigenvalue weighted by atomic mass is 16.5. The molecule has 0 aliphatic carbocycles. The van der Waals surface area contributed by atoms with E-state index >= 15 is 0 Å². The van der Waals surface area contributed by atoms with Gasteiger partial charge in [0.15, 0.2) is 0 Å². The van der Waals surface area contributed by atoms with E-state index in [4.69, 9.17) is 15.6 Å². The first kappa shape index (κ1) is 15.6. The molecule has 0 aliphatic heterocycles. The number of ether oxygens (including phenoxy) is 1. The Balaban J connectivity index is 2.69. The number of hydrogen-bond donors (Lipinski definition) is 3. The van der Waals surface area contributed by atoms with E-state index < -0.39 is 29.9 Å². The summed E-state index contributed by atoms with van der Waals surface area (Å²) in [4.78, 5) is 33.7. The number of aliphatic carboxylic acids is 1. The first-order valence-electron chi connectivity index (χ1n) is 5.84. The zero-order chi connectivity index (χ0) is 15.2. The van der Waals surface area contributed by atoms with Gasteiger partial charge in [0.25, 0.3) is 0 Å². The normalized spacial score (nSPS) is 13.1. The SMILES string of the molecule is CC(=O)NCC(N)(C(=O)O)C(=O)OCc1ccccc1. The van der Waals surface area contributed by atoms with Crippen molar-refractivity contribution in [3.8, 4) is 0 Å². The molecule has 20 heavy (non-hydrogen) atoms. The highest BCUT2D eigenvalue weighted by molar-refractivity contribution is 6.04. The number of carbonyl (C=O) groups excluding carboxylic acids is 2. The molecule has 1 rings (SSSR count). The number of hydrogen-bond acceptors (Lipinski definition) is 5. The van der Waals surface area contributed by atoms with Gasteiger partial charge in [-0.05, 0) is 5.56 Å². The summed E-state index contributed by atoms with van der Waals surface area (Å²) in [5, 5.41) is 11.2. The summed E-state index contributed by atoms with van der Waals surface area (Å²) in [6.45, 7) is 0.564. The number of carboxylic acid groups (broad SMARTS) is 1. The molecular weight excluding hydrogens is 264 g/mol. The van der Waals surface area contributed by atoms with Gasteiger partial charge in [0.2, 0.25) is 11.4 Å². The molecule has 0 bridgehead atoms. The maximum absolute atomic E-state index is 11.8. The fourth-order valence-corrected chi connectivity index (χ4v) is 1.35. The topological polar surface area (TPSA) is 119 Å². The van der Waals surface area contributed by atoms with Gasteiger partial charge in [-0.25, -0.2) is 9.59 Å². The van der Waals surface area contributed by atoms with Gasteiger partial charge >= 0.3 is 11.9 Å². The van der Waals surface area contributed by atoms with E-state index in [0.717, 1.165) is 0 Å². The van der Waals surface area contributed by atoms with E-state index in [1.807, 2.05) is 0 Å². The lowest BCUT2D eigenvalue weighted by Crippen LogP contribution is -2.62. The van der Waals surface area contributed by atoms with E-state index in [-0.39, 0.29) is 6.61 Å². The number of esters is 1. The average molecular weight is 280 g/mol. The average Bonchev–Trinajstić information content (AvgIpc) is 2.42. The number of carbonyl (C=O) groups is 3. The Hall–Kier alpha value is -2.41. The molecule has 1 atom stereocenters. The highest BCUT2D eigenvalue weighted by Crippen LogP contribution is 2.07. The molecule has 1 aromatic carbocycles. The molecular formula is C13H16N2O5. The van der Waals surface area contributed by atoms with Crippen LogP contribution in [0.1, 0.15) is 12.5 Å². The van der Waals surface area contributed by atoms with Crippen LogP contribution in [0.25, 0.3) is 0 Å². The quantitative estimate of drug-likeness (QED) is 0.484. The molecule has 0 saturated heterocycles. The largest absolute Gasteiger partial charge is 0.479 e. The maximum Gasteiger partial charge on any atom is 0.340 e. The Kier molecular flexibility index (Phi) is 5.22. The Morgan fingerprint density at radius 3 is 2.40 bits per heavy atom. The van der Waals surface area contributed by atoms with Crippen LogP contribution < -0.4 is 11.1 Å². The van der Waals surface area contributed by atoms with Crippen LogP contribution in [-0.4, -0.2) is 35.0 Å². The summed E-state index contributed by atoms with van der Waals surface area (Å²) in [6, 6.07) is 8.76. The van der Waals surface area contributed by atoms with E-state index in [1.54, 1.807) is 30.3 Å². The third-order valence-corrected chi connectivity index (χ3v) is 2.57. The second-order valence-corrected chi connectivity index (χ2v) is 4.25. The minimum Gasteiger partial charge on any atom is -0.479 e.